The third kappa shape index (κ3) is 2.99. The van der Waals surface area contributed by atoms with Crippen LogP contribution in [0, 0.1) is 6.92 Å². The van der Waals surface area contributed by atoms with Gasteiger partial charge in [0.1, 0.15) is 0 Å². The largest absolute Gasteiger partial charge is 0.316 e. The standard InChI is InChI=1S/C12H21N3O2S2/c1-9(13-3)11-6-4-5-7-15(11)19(16,17)12-8-14-10(2)18-12/h8-9,11,13H,4-7H2,1-3H3. The molecule has 1 N–H and O–H groups in total. The Hall–Kier alpha value is -0.500. The van der Waals surface area contributed by atoms with Gasteiger partial charge < -0.3 is 5.32 Å². The quantitative estimate of drug-likeness (QED) is 0.918. The van der Waals surface area contributed by atoms with Crippen molar-refractivity contribution < 1.29 is 8.42 Å². The first-order chi connectivity index (χ1) is 8.96. The van der Waals surface area contributed by atoms with Gasteiger partial charge in [0, 0.05) is 18.6 Å². The van der Waals surface area contributed by atoms with Crippen LogP contribution in [0.4, 0.5) is 0 Å². The summed E-state index contributed by atoms with van der Waals surface area (Å²) in [5.74, 6) is 0. The van der Waals surface area contributed by atoms with Crippen molar-refractivity contribution in [3.05, 3.63) is 11.2 Å². The van der Waals surface area contributed by atoms with Gasteiger partial charge in [-0.25, -0.2) is 13.4 Å². The normalized spacial score (nSPS) is 23.4. The highest BCUT2D eigenvalue weighted by Crippen LogP contribution is 2.29. The second-order valence-corrected chi connectivity index (χ2v) is 8.31. The van der Waals surface area contributed by atoms with Crippen LogP contribution in [-0.2, 0) is 10.0 Å². The lowest BCUT2D eigenvalue weighted by molar-refractivity contribution is 0.213. The lowest BCUT2D eigenvalue weighted by Crippen LogP contribution is -2.52. The lowest BCUT2D eigenvalue weighted by atomic mass is 9.99. The van der Waals surface area contributed by atoms with Gasteiger partial charge in [0.2, 0.25) is 0 Å². The van der Waals surface area contributed by atoms with Crippen molar-refractivity contribution in [3.63, 3.8) is 0 Å². The summed E-state index contributed by atoms with van der Waals surface area (Å²) < 4.78 is 27.4. The maximum Gasteiger partial charge on any atom is 0.254 e. The molecule has 5 nitrogen and oxygen atoms in total. The maximum absolute atomic E-state index is 12.7. The van der Waals surface area contributed by atoms with Crippen LogP contribution in [0.25, 0.3) is 0 Å². The first-order valence-electron chi connectivity index (χ1n) is 6.58. The van der Waals surface area contributed by atoms with E-state index in [0.29, 0.717) is 10.8 Å². The fourth-order valence-electron chi connectivity index (χ4n) is 2.50. The molecule has 1 fully saturated rings. The van der Waals surface area contributed by atoms with Gasteiger partial charge in [-0.2, -0.15) is 4.31 Å². The van der Waals surface area contributed by atoms with Gasteiger partial charge in [-0.3, -0.25) is 0 Å². The van der Waals surface area contributed by atoms with Gasteiger partial charge in [0.15, 0.2) is 4.21 Å². The molecule has 1 aliphatic heterocycles. The number of thiazole rings is 1. The number of likely N-dealkylation sites (N-methyl/N-ethyl adjacent to an activating group) is 1. The summed E-state index contributed by atoms with van der Waals surface area (Å²) in [7, 11) is -1.52. The van der Waals surface area contributed by atoms with Crippen molar-refractivity contribution in [2.45, 2.75) is 49.4 Å². The SMILES string of the molecule is CNC(C)C1CCCCN1S(=O)(=O)c1cnc(C)s1. The zero-order chi connectivity index (χ0) is 14.0. The average molecular weight is 303 g/mol. The number of hydrogen-bond acceptors (Lipinski definition) is 5. The predicted molar refractivity (Wildman–Crippen MR) is 76.9 cm³/mol. The van der Waals surface area contributed by atoms with Crippen LogP contribution < -0.4 is 5.32 Å². The van der Waals surface area contributed by atoms with Gasteiger partial charge in [0.25, 0.3) is 10.0 Å². The minimum Gasteiger partial charge on any atom is -0.316 e. The topological polar surface area (TPSA) is 62.3 Å². The van der Waals surface area contributed by atoms with E-state index >= 15 is 0 Å². The molecule has 0 saturated carbocycles. The van der Waals surface area contributed by atoms with E-state index in [-0.39, 0.29) is 12.1 Å². The summed E-state index contributed by atoms with van der Waals surface area (Å²) in [4.78, 5) is 4.06. The minimum absolute atomic E-state index is 0.0335. The van der Waals surface area contributed by atoms with E-state index in [1.165, 1.54) is 17.5 Å². The van der Waals surface area contributed by atoms with Gasteiger partial charge >= 0.3 is 0 Å². The van der Waals surface area contributed by atoms with Crippen LogP contribution in [-0.4, -0.2) is 43.4 Å². The molecule has 0 radical (unpaired) electrons. The number of sulfonamides is 1. The average Bonchev–Trinajstić information content (AvgIpc) is 2.85. The molecule has 2 heterocycles. The third-order valence-corrected chi connectivity index (χ3v) is 6.97. The van der Waals surface area contributed by atoms with E-state index in [9.17, 15) is 8.42 Å². The molecule has 0 aliphatic carbocycles. The Morgan fingerprint density at radius 3 is 2.84 bits per heavy atom. The number of rotatable bonds is 4. The third-order valence-electron chi connectivity index (χ3n) is 3.69. The molecule has 1 aromatic heterocycles. The minimum atomic E-state index is -3.40. The zero-order valence-corrected chi connectivity index (χ0v) is 13.2. The zero-order valence-electron chi connectivity index (χ0n) is 11.6. The van der Waals surface area contributed by atoms with E-state index in [2.05, 4.69) is 10.3 Å². The first-order valence-corrected chi connectivity index (χ1v) is 8.84. The molecule has 19 heavy (non-hydrogen) atoms. The number of nitrogens with zero attached hydrogens (tertiary/aromatic N) is 2. The fourth-order valence-corrected chi connectivity index (χ4v) is 5.50. The Morgan fingerprint density at radius 1 is 1.53 bits per heavy atom. The molecule has 0 aromatic carbocycles. The summed E-state index contributed by atoms with van der Waals surface area (Å²) in [5.41, 5.74) is 0. The summed E-state index contributed by atoms with van der Waals surface area (Å²) in [6, 6.07) is 0.190. The molecule has 0 bridgehead atoms. The van der Waals surface area contributed by atoms with Crippen molar-refractivity contribution in [2.24, 2.45) is 0 Å². The molecule has 0 spiro atoms. The van der Waals surface area contributed by atoms with Crippen LogP contribution in [0.15, 0.2) is 10.4 Å². The molecule has 7 heteroatoms. The monoisotopic (exact) mass is 303 g/mol. The Bertz CT molecular complexity index is 527. The van der Waals surface area contributed by atoms with Crippen molar-refractivity contribution in [1.82, 2.24) is 14.6 Å². The summed E-state index contributed by atoms with van der Waals surface area (Å²) in [6.45, 7) is 4.47. The second kappa shape index (κ2) is 5.87. The molecular weight excluding hydrogens is 282 g/mol. The second-order valence-electron chi connectivity index (χ2n) is 4.95. The van der Waals surface area contributed by atoms with Gasteiger partial charge in [-0.15, -0.1) is 11.3 Å². The molecule has 1 aliphatic rings. The molecule has 2 atom stereocenters. The van der Waals surface area contributed by atoms with Crippen molar-refractivity contribution >= 4 is 21.4 Å². The van der Waals surface area contributed by atoms with Crippen LogP contribution in [0.5, 0.6) is 0 Å². The van der Waals surface area contributed by atoms with Crippen LogP contribution in [0.2, 0.25) is 0 Å². The van der Waals surface area contributed by atoms with E-state index < -0.39 is 10.0 Å². The maximum atomic E-state index is 12.7. The van der Waals surface area contributed by atoms with E-state index in [0.717, 1.165) is 24.3 Å². The van der Waals surface area contributed by atoms with Crippen molar-refractivity contribution in [3.8, 4) is 0 Å². The Labute approximate surface area is 119 Å². The van der Waals surface area contributed by atoms with E-state index in [4.69, 9.17) is 0 Å². The smallest absolute Gasteiger partial charge is 0.254 e. The first kappa shape index (κ1) is 14.9. The molecule has 0 amide bonds. The highest BCUT2D eigenvalue weighted by molar-refractivity contribution is 7.91. The van der Waals surface area contributed by atoms with Crippen LogP contribution in [0.1, 0.15) is 31.2 Å². The van der Waals surface area contributed by atoms with Gasteiger partial charge in [-0.1, -0.05) is 6.42 Å². The molecule has 1 saturated heterocycles. The van der Waals surface area contributed by atoms with Crippen LogP contribution >= 0.6 is 11.3 Å². The highest BCUT2D eigenvalue weighted by atomic mass is 32.2. The van der Waals surface area contributed by atoms with E-state index in [1.807, 2.05) is 20.9 Å². The number of piperidine rings is 1. The Kier molecular flexibility index (Phi) is 4.60. The number of aromatic nitrogens is 1. The molecule has 108 valence electrons. The summed E-state index contributed by atoms with van der Waals surface area (Å²) in [5, 5.41) is 3.96. The Balaban J connectivity index is 2.31. The van der Waals surface area contributed by atoms with Crippen LogP contribution in [0.3, 0.4) is 0 Å². The summed E-state index contributed by atoms with van der Waals surface area (Å²) >= 11 is 1.25. The summed E-state index contributed by atoms with van der Waals surface area (Å²) in [6.07, 6.45) is 4.42. The van der Waals surface area contributed by atoms with Gasteiger partial charge in [0.05, 0.1) is 11.2 Å². The molecule has 2 rings (SSSR count). The number of hydrogen-bond donors (Lipinski definition) is 1. The van der Waals surface area contributed by atoms with Crippen molar-refractivity contribution in [2.75, 3.05) is 13.6 Å². The molecule has 1 aromatic rings. The fraction of sp³-hybridized carbons (Fsp3) is 0.750. The Morgan fingerprint density at radius 2 is 2.26 bits per heavy atom. The molecular formula is C12H21N3O2S2. The lowest BCUT2D eigenvalue weighted by Gasteiger charge is -2.37. The molecule has 2 unspecified atom stereocenters. The highest BCUT2D eigenvalue weighted by Gasteiger charge is 2.36. The number of aryl methyl sites for hydroxylation is 1. The van der Waals surface area contributed by atoms with Gasteiger partial charge in [-0.05, 0) is 33.7 Å². The van der Waals surface area contributed by atoms with E-state index in [1.54, 1.807) is 4.31 Å². The van der Waals surface area contributed by atoms with Crippen molar-refractivity contribution in [1.29, 1.82) is 0 Å². The predicted octanol–water partition coefficient (Wildman–Crippen LogP) is 1.60. The number of nitrogens with one attached hydrogen (secondary N) is 1.